The molecule has 0 aliphatic heterocycles. The highest BCUT2D eigenvalue weighted by molar-refractivity contribution is 6.32. The number of carbonyl (C=O) groups is 2. The highest BCUT2D eigenvalue weighted by Gasteiger charge is 2.11. The summed E-state index contributed by atoms with van der Waals surface area (Å²) in [7, 11) is 3.23. The summed E-state index contributed by atoms with van der Waals surface area (Å²) in [5.74, 6) is -0.402. The van der Waals surface area contributed by atoms with Gasteiger partial charge in [-0.15, -0.1) is 0 Å². The second-order valence-corrected chi connectivity index (χ2v) is 4.09. The zero-order valence-corrected chi connectivity index (χ0v) is 11.0. The minimum atomic E-state index is -0.253. The summed E-state index contributed by atoms with van der Waals surface area (Å²) in [6.45, 7) is 0.253. The fraction of sp³-hybridized carbons (Fsp3) is 0.364. The summed E-state index contributed by atoms with van der Waals surface area (Å²) in [6.07, 6.45) is 1.54. The fourth-order valence-electron chi connectivity index (χ4n) is 1.29. The lowest BCUT2D eigenvalue weighted by Gasteiger charge is -2.15. The molecule has 0 aromatic carbocycles. The van der Waals surface area contributed by atoms with Gasteiger partial charge in [-0.2, -0.15) is 0 Å². The molecule has 0 unspecified atom stereocenters. The van der Waals surface area contributed by atoms with Crippen molar-refractivity contribution in [2.24, 2.45) is 0 Å². The van der Waals surface area contributed by atoms with Crippen LogP contribution in [0.4, 0.5) is 5.69 Å². The second-order valence-electron chi connectivity index (χ2n) is 3.74. The molecule has 1 rings (SSSR count). The minimum Gasteiger partial charge on any atom is -0.358 e. The number of aromatic nitrogens is 1. The molecule has 1 aromatic heterocycles. The molecule has 6 nitrogen and oxygen atoms in total. The Bertz CT molecular complexity index is 439. The van der Waals surface area contributed by atoms with E-state index in [1.54, 1.807) is 31.1 Å². The summed E-state index contributed by atoms with van der Waals surface area (Å²) in [6, 6.07) is 3.34. The molecule has 0 saturated heterocycles. The number of likely N-dealkylation sites (N-methyl/N-ethyl adjacent to an activating group) is 2. The van der Waals surface area contributed by atoms with Crippen LogP contribution in [-0.2, 0) is 9.59 Å². The standard InChI is InChI=1S/C11H15ClN4O2/c1-13-9(17)6-16(2)7-10(18)15-8-4-3-5-14-11(8)12/h3-5H,6-7H2,1-2H3,(H,13,17)(H,15,18). The summed E-state index contributed by atoms with van der Waals surface area (Å²) >= 11 is 5.81. The molecular weight excluding hydrogens is 256 g/mol. The molecule has 1 heterocycles. The predicted octanol–water partition coefficient (Wildman–Crippen LogP) is 0.351. The molecule has 18 heavy (non-hydrogen) atoms. The van der Waals surface area contributed by atoms with E-state index >= 15 is 0 Å². The van der Waals surface area contributed by atoms with Crippen LogP contribution in [0.1, 0.15) is 0 Å². The molecule has 1 aromatic rings. The van der Waals surface area contributed by atoms with E-state index in [0.29, 0.717) is 5.69 Å². The van der Waals surface area contributed by atoms with E-state index in [1.807, 2.05) is 0 Å². The van der Waals surface area contributed by atoms with Crippen molar-refractivity contribution in [3.8, 4) is 0 Å². The molecule has 7 heteroatoms. The number of rotatable bonds is 5. The maximum Gasteiger partial charge on any atom is 0.238 e. The predicted molar refractivity (Wildman–Crippen MR) is 69.4 cm³/mol. The number of nitrogens with one attached hydrogen (secondary N) is 2. The van der Waals surface area contributed by atoms with E-state index in [9.17, 15) is 9.59 Å². The van der Waals surface area contributed by atoms with Crippen molar-refractivity contribution in [1.82, 2.24) is 15.2 Å². The Hall–Kier alpha value is -1.66. The van der Waals surface area contributed by atoms with Crippen molar-refractivity contribution in [1.29, 1.82) is 0 Å². The largest absolute Gasteiger partial charge is 0.358 e. The average Bonchev–Trinajstić information content (AvgIpc) is 2.31. The van der Waals surface area contributed by atoms with Crippen LogP contribution in [0.2, 0.25) is 5.15 Å². The zero-order valence-electron chi connectivity index (χ0n) is 10.2. The number of pyridine rings is 1. The van der Waals surface area contributed by atoms with Crippen molar-refractivity contribution in [3.05, 3.63) is 23.5 Å². The average molecular weight is 271 g/mol. The summed E-state index contributed by atoms with van der Waals surface area (Å²) in [5.41, 5.74) is 0.456. The van der Waals surface area contributed by atoms with Gasteiger partial charge in [0.2, 0.25) is 11.8 Å². The van der Waals surface area contributed by atoms with Gasteiger partial charge in [-0.05, 0) is 19.2 Å². The molecule has 0 atom stereocenters. The van der Waals surface area contributed by atoms with Gasteiger partial charge in [-0.25, -0.2) is 4.98 Å². The smallest absolute Gasteiger partial charge is 0.238 e. The maximum atomic E-state index is 11.7. The van der Waals surface area contributed by atoms with Gasteiger partial charge in [0.05, 0.1) is 18.8 Å². The topological polar surface area (TPSA) is 74.3 Å². The first-order valence-electron chi connectivity index (χ1n) is 5.32. The highest BCUT2D eigenvalue weighted by atomic mass is 35.5. The Labute approximate surface area is 110 Å². The number of hydrogen-bond acceptors (Lipinski definition) is 4. The molecular formula is C11H15ClN4O2. The van der Waals surface area contributed by atoms with Gasteiger partial charge in [-0.3, -0.25) is 14.5 Å². The molecule has 0 saturated carbocycles. The van der Waals surface area contributed by atoms with Crippen molar-refractivity contribution in [2.75, 3.05) is 32.5 Å². The van der Waals surface area contributed by atoms with Gasteiger partial charge >= 0.3 is 0 Å². The van der Waals surface area contributed by atoms with Gasteiger partial charge < -0.3 is 10.6 Å². The summed E-state index contributed by atoms with van der Waals surface area (Å²) < 4.78 is 0. The van der Waals surface area contributed by atoms with Crippen LogP contribution in [0.15, 0.2) is 18.3 Å². The Kier molecular flexibility index (Phi) is 5.54. The molecule has 0 radical (unpaired) electrons. The van der Waals surface area contributed by atoms with Crippen molar-refractivity contribution >= 4 is 29.1 Å². The Morgan fingerprint density at radius 3 is 2.67 bits per heavy atom. The second kappa shape index (κ2) is 6.93. The van der Waals surface area contributed by atoms with Crippen molar-refractivity contribution in [3.63, 3.8) is 0 Å². The number of nitrogens with zero attached hydrogens (tertiary/aromatic N) is 2. The van der Waals surface area contributed by atoms with E-state index < -0.39 is 0 Å². The van der Waals surface area contributed by atoms with E-state index in [1.165, 1.54) is 6.20 Å². The van der Waals surface area contributed by atoms with Crippen LogP contribution in [-0.4, -0.2) is 48.9 Å². The molecule has 0 aliphatic rings. The van der Waals surface area contributed by atoms with Crippen molar-refractivity contribution in [2.45, 2.75) is 0 Å². The maximum absolute atomic E-state index is 11.7. The SMILES string of the molecule is CNC(=O)CN(C)CC(=O)Nc1cccnc1Cl. The quantitative estimate of drug-likeness (QED) is 0.758. The van der Waals surface area contributed by atoms with Gasteiger partial charge in [0.25, 0.3) is 0 Å². The van der Waals surface area contributed by atoms with Gasteiger partial charge in [0.15, 0.2) is 5.15 Å². The van der Waals surface area contributed by atoms with Crippen molar-refractivity contribution < 1.29 is 9.59 Å². The van der Waals surface area contributed by atoms with Crippen LogP contribution in [0.3, 0.4) is 0 Å². The first-order valence-corrected chi connectivity index (χ1v) is 5.70. The first kappa shape index (κ1) is 14.4. The van der Waals surface area contributed by atoms with Crippen LogP contribution in [0.25, 0.3) is 0 Å². The Balaban J connectivity index is 2.47. The third-order valence-corrected chi connectivity index (χ3v) is 2.44. The lowest BCUT2D eigenvalue weighted by Crippen LogP contribution is -2.37. The monoisotopic (exact) mass is 270 g/mol. The van der Waals surface area contributed by atoms with Crippen LogP contribution in [0, 0.1) is 0 Å². The molecule has 2 N–H and O–H groups in total. The zero-order chi connectivity index (χ0) is 13.5. The first-order chi connectivity index (χ1) is 8.52. The van der Waals surface area contributed by atoms with Gasteiger partial charge in [-0.1, -0.05) is 11.6 Å². The number of carbonyl (C=O) groups excluding carboxylic acids is 2. The van der Waals surface area contributed by atoms with Gasteiger partial charge in [0, 0.05) is 13.2 Å². The Morgan fingerprint density at radius 2 is 2.06 bits per heavy atom. The number of amides is 2. The third-order valence-electron chi connectivity index (χ3n) is 2.14. The number of hydrogen-bond donors (Lipinski definition) is 2. The van der Waals surface area contributed by atoms with Gasteiger partial charge in [0.1, 0.15) is 0 Å². The molecule has 0 bridgehead atoms. The fourth-order valence-corrected chi connectivity index (χ4v) is 1.46. The normalized spacial score (nSPS) is 10.2. The van der Waals surface area contributed by atoms with E-state index in [2.05, 4.69) is 15.6 Å². The van der Waals surface area contributed by atoms with Crippen LogP contribution >= 0.6 is 11.6 Å². The molecule has 0 aliphatic carbocycles. The van der Waals surface area contributed by atoms with E-state index in [4.69, 9.17) is 11.6 Å². The summed E-state index contributed by atoms with van der Waals surface area (Å²) in [5, 5.41) is 5.35. The van der Waals surface area contributed by atoms with Crippen LogP contribution < -0.4 is 10.6 Å². The highest BCUT2D eigenvalue weighted by Crippen LogP contribution is 2.16. The minimum absolute atomic E-state index is 0.0959. The molecule has 2 amide bonds. The number of halogens is 1. The summed E-state index contributed by atoms with van der Waals surface area (Å²) in [4.78, 5) is 28.2. The van der Waals surface area contributed by atoms with Crippen LogP contribution in [0.5, 0.6) is 0 Å². The van der Waals surface area contributed by atoms with E-state index in [0.717, 1.165) is 0 Å². The number of anilines is 1. The molecule has 0 spiro atoms. The molecule has 98 valence electrons. The molecule has 0 fully saturated rings. The lowest BCUT2D eigenvalue weighted by atomic mass is 10.4. The Morgan fingerprint density at radius 1 is 1.39 bits per heavy atom. The lowest BCUT2D eigenvalue weighted by molar-refractivity contribution is -0.122. The van der Waals surface area contributed by atoms with E-state index in [-0.39, 0.29) is 30.1 Å². The third kappa shape index (κ3) is 4.68.